The number of aliphatic hydroxyl groups excluding tert-OH is 1. The molecule has 0 aromatic heterocycles. The zero-order valence-electron chi connectivity index (χ0n) is 12.7. The molecule has 0 spiro atoms. The monoisotopic (exact) mass is 278 g/mol. The maximum Gasteiger partial charge on any atom is 0.0471 e. The molecule has 0 saturated heterocycles. The van der Waals surface area contributed by atoms with Crippen LogP contribution in [0.2, 0.25) is 0 Å². The van der Waals surface area contributed by atoms with E-state index in [0.29, 0.717) is 16.9 Å². The Kier molecular flexibility index (Phi) is 5.97. The molecule has 0 radical (unpaired) electrons. The van der Waals surface area contributed by atoms with Crippen LogP contribution in [0, 0.1) is 11.2 Å². The predicted octanol–water partition coefficient (Wildman–Crippen LogP) is 3.78. The number of hydrogen-bond donors (Lipinski definition) is 1. The second-order valence-electron chi connectivity index (χ2n) is 5.54. The lowest BCUT2D eigenvalue weighted by Crippen LogP contribution is -2.17. The summed E-state index contributed by atoms with van der Waals surface area (Å²) in [6.07, 6.45) is 3.05. The van der Waals surface area contributed by atoms with Gasteiger partial charge in [-0.3, -0.25) is 0 Å². The molecule has 0 aliphatic rings. The topological polar surface area (TPSA) is 20.2 Å². The molecule has 1 rings (SSSR count). The van der Waals surface area contributed by atoms with Crippen molar-refractivity contribution in [3.05, 3.63) is 35.4 Å². The lowest BCUT2D eigenvalue weighted by atomic mass is 10.1. The average Bonchev–Trinajstić information content (AvgIpc) is 2.37. The molecule has 0 bridgehead atoms. The van der Waals surface area contributed by atoms with E-state index in [9.17, 15) is 0 Å². The molecule has 2 heteroatoms. The van der Waals surface area contributed by atoms with Gasteiger partial charge in [0.15, 0.2) is 0 Å². The third kappa shape index (κ3) is 4.30. The van der Waals surface area contributed by atoms with E-state index in [1.807, 2.05) is 0 Å². The highest BCUT2D eigenvalue weighted by Gasteiger charge is 2.23. The minimum atomic E-state index is -0.892. The van der Waals surface area contributed by atoms with Crippen molar-refractivity contribution in [3.63, 3.8) is 0 Å². The van der Waals surface area contributed by atoms with Gasteiger partial charge in [0.2, 0.25) is 0 Å². The van der Waals surface area contributed by atoms with Crippen molar-refractivity contribution in [1.29, 1.82) is 0 Å². The van der Waals surface area contributed by atoms with Gasteiger partial charge >= 0.3 is 0 Å². The van der Waals surface area contributed by atoms with Crippen LogP contribution in [0.5, 0.6) is 0 Å². The van der Waals surface area contributed by atoms with Gasteiger partial charge in [-0.1, -0.05) is 45.7 Å². The Labute approximate surface area is 119 Å². The Balaban J connectivity index is 2.92. The summed E-state index contributed by atoms with van der Waals surface area (Å²) in [5, 5.41) is 13.7. The zero-order chi connectivity index (χ0) is 14.5. The Morgan fingerprint density at radius 3 is 2.00 bits per heavy atom. The molecule has 0 amide bonds. The summed E-state index contributed by atoms with van der Waals surface area (Å²) < 4.78 is 0. The van der Waals surface area contributed by atoms with Gasteiger partial charge in [-0.2, -0.15) is 10.0 Å². The van der Waals surface area contributed by atoms with Gasteiger partial charge in [0.05, 0.1) is 0 Å². The fourth-order valence-corrected chi connectivity index (χ4v) is 3.73. The van der Waals surface area contributed by atoms with Crippen LogP contribution in [0.25, 0.3) is 0 Å². The number of aliphatic hydroxyl groups is 1. The molecule has 0 aliphatic carbocycles. The van der Waals surface area contributed by atoms with Crippen LogP contribution in [0.15, 0.2) is 24.3 Å². The summed E-state index contributed by atoms with van der Waals surface area (Å²) in [6.45, 7) is 9.29. The standard InChI is InChI=1S/C17H26OS/c1-14(2)19(5,15(3)4)13-11-17-8-6-16(7-9-17)10-12-18/h6-9,14-15,18H,10,12H2,1-5H3. The smallest absolute Gasteiger partial charge is 0.0471 e. The van der Waals surface area contributed by atoms with Crippen molar-refractivity contribution in [2.45, 2.75) is 44.6 Å². The summed E-state index contributed by atoms with van der Waals surface area (Å²) in [6, 6.07) is 8.21. The highest BCUT2D eigenvalue weighted by Crippen LogP contribution is 2.52. The number of benzene rings is 1. The molecule has 0 unspecified atom stereocenters. The van der Waals surface area contributed by atoms with Crippen LogP contribution in [-0.2, 0) is 6.42 Å². The van der Waals surface area contributed by atoms with Gasteiger partial charge in [0, 0.05) is 12.2 Å². The first kappa shape index (κ1) is 16.1. The third-order valence-electron chi connectivity index (χ3n) is 3.73. The van der Waals surface area contributed by atoms with Crippen molar-refractivity contribution in [2.75, 3.05) is 12.9 Å². The quantitative estimate of drug-likeness (QED) is 0.831. The second kappa shape index (κ2) is 7.03. The van der Waals surface area contributed by atoms with Gasteiger partial charge in [-0.05, 0) is 46.1 Å². The minimum absolute atomic E-state index is 0.202. The summed E-state index contributed by atoms with van der Waals surface area (Å²) >= 11 is 0. The molecule has 1 nitrogen and oxygen atoms in total. The lowest BCUT2D eigenvalue weighted by molar-refractivity contribution is 0.299. The second-order valence-corrected chi connectivity index (χ2v) is 9.73. The van der Waals surface area contributed by atoms with Crippen molar-refractivity contribution in [2.24, 2.45) is 0 Å². The maximum absolute atomic E-state index is 8.90. The van der Waals surface area contributed by atoms with Gasteiger partial charge < -0.3 is 5.11 Å². The van der Waals surface area contributed by atoms with E-state index in [1.165, 1.54) is 0 Å². The van der Waals surface area contributed by atoms with Crippen LogP contribution >= 0.6 is 10.0 Å². The summed E-state index contributed by atoms with van der Waals surface area (Å²) in [5.41, 5.74) is 2.23. The van der Waals surface area contributed by atoms with Gasteiger partial charge in [0.25, 0.3) is 0 Å². The largest absolute Gasteiger partial charge is 0.396 e. The Bertz CT molecular complexity index is 440. The SMILES string of the molecule is CC(C)S(C)(C#Cc1ccc(CCO)cc1)C(C)C. The molecule has 1 aromatic carbocycles. The molecule has 0 atom stereocenters. The van der Waals surface area contributed by atoms with E-state index in [2.05, 4.69) is 69.4 Å². The minimum Gasteiger partial charge on any atom is -0.396 e. The predicted molar refractivity (Wildman–Crippen MR) is 87.9 cm³/mol. The van der Waals surface area contributed by atoms with Crippen LogP contribution < -0.4 is 0 Å². The normalized spacial score (nSPS) is 12.4. The van der Waals surface area contributed by atoms with Gasteiger partial charge in [-0.25, -0.2) is 0 Å². The van der Waals surface area contributed by atoms with E-state index in [1.54, 1.807) is 0 Å². The van der Waals surface area contributed by atoms with E-state index in [-0.39, 0.29) is 6.61 Å². The molecular formula is C17H26OS. The van der Waals surface area contributed by atoms with Crippen LogP contribution in [-0.4, -0.2) is 28.5 Å². The first-order chi connectivity index (χ1) is 8.90. The third-order valence-corrected chi connectivity index (χ3v) is 8.19. The highest BCUT2D eigenvalue weighted by molar-refractivity contribution is 8.37. The van der Waals surface area contributed by atoms with Crippen molar-refractivity contribution >= 4 is 10.0 Å². The summed E-state index contributed by atoms with van der Waals surface area (Å²) in [5.74, 6) is 3.34. The molecule has 0 saturated carbocycles. The molecule has 1 aromatic rings. The van der Waals surface area contributed by atoms with E-state index < -0.39 is 10.0 Å². The fourth-order valence-electron chi connectivity index (χ4n) is 1.83. The first-order valence-electron chi connectivity index (χ1n) is 6.88. The van der Waals surface area contributed by atoms with E-state index >= 15 is 0 Å². The van der Waals surface area contributed by atoms with Crippen molar-refractivity contribution in [3.8, 4) is 11.2 Å². The Hall–Kier alpha value is -0.910. The highest BCUT2D eigenvalue weighted by atomic mass is 32.3. The first-order valence-corrected chi connectivity index (χ1v) is 9.05. The molecule has 0 aliphatic heterocycles. The number of hydrogen-bond acceptors (Lipinski definition) is 1. The Morgan fingerprint density at radius 2 is 1.58 bits per heavy atom. The molecule has 0 heterocycles. The Morgan fingerprint density at radius 1 is 1.05 bits per heavy atom. The van der Waals surface area contributed by atoms with Crippen molar-refractivity contribution < 1.29 is 5.11 Å². The lowest BCUT2D eigenvalue weighted by Gasteiger charge is -2.38. The average molecular weight is 278 g/mol. The van der Waals surface area contributed by atoms with Gasteiger partial charge in [-0.15, -0.1) is 0 Å². The molecule has 106 valence electrons. The fraction of sp³-hybridized carbons (Fsp3) is 0.529. The van der Waals surface area contributed by atoms with E-state index in [4.69, 9.17) is 5.11 Å². The molecule has 1 N–H and O–H groups in total. The summed E-state index contributed by atoms with van der Waals surface area (Å²) in [4.78, 5) is 0. The van der Waals surface area contributed by atoms with Crippen LogP contribution in [0.3, 0.4) is 0 Å². The zero-order valence-corrected chi connectivity index (χ0v) is 13.6. The van der Waals surface area contributed by atoms with Gasteiger partial charge in [0.1, 0.15) is 0 Å². The molecule has 0 fully saturated rings. The van der Waals surface area contributed by atoms with Crippen LogP contribution in [0.4, 0.5) is 0 Å². The van der Waals surface area contributed by atoms with Crippen molar-refractivity contribution in [1.82, 2.24) is 0 Å². The molecule has 19 heavy (non-hydrogen) atoms. The summed E-state index contributed by atoms with van der Waals surface area (Å²) in [7, 11) is -0.892. The number of rotatable bonds is 4. The maximum atomic E-state index is 8.90. The van der Waals surface area contributed by atoms with Crippen LogP contribution in [0.1, 0.15) is 38.8 Å². The molecular weight excluding hydrogens is 252 g/mol. The van der Waals surface area contributed by atoms with E-state index in [0.717, 1.165) is 11.1 Å².